The van der Waals surface area contributed by atoms with E-state index >= 15 is 0 Å². The van der Waals surface area contributed by atoms with E-state index in [1.165, 1.54) is 18.7 Å². The fourth-order valence-electron chi connectivity index (χ4n) is 3.68. The number of sulfone groups is 1. The largest absolute Gasteiger partial charge is 0.368 e. The second kappa shape index (κ2) is 7.03. The Bertz CT molecular complexity index is 921. The van der Waals surface area contributed by atoms with Gasteiger partial charge in [0, 0.05) is 23.1 Å². The van der Waals surface area contributed by atoms with Gasteiger partial charge >= 0.3 is 0 Å². The molecule has 4 rings (SSSR count). The monoisotopic (exact) mass is 408 g/mol. The minimum absolute atomic E-state index is 0.0160. The number of amidine groups is 1. The average molecular weight is 409 g/mol. The van der Waals surface area contributed by atoms with E-state index in [2.05, 4.69) is 4.99 Å². The molecule has 9 heteroatoms. The van der Waals surface area contributed by atoms with Gasteiger partial charge in [0.05, 0.1) is 17.5 Å². The summed E-state index contributed by atoms with van der Waals surface area (Å²) in [4.78, 5) is 30.3. The van der Waals surface area contributed by atoms with Crippen molar-refractivity contribution in [2.75, 3.05) is 23.0 Å². The van der Waals surface area contributed by atoms with Crippen molar-refractivity contribution >= 4 is 44.1 Å². The number of thioether (sulfide) groups is 1. The number of amides is 1. The molecule has 0 radical (unpaired) electrons. The van der Waals surface area contributed by atoms with Crippen LogP contribution in [0.4, 0.5) is 5.69 Å². The molecule has 3 atom stereocenters. The molecule has 7 nitrogen and oxygen atoms in total. The number of rotatable bonds is 3. The topological polar surface area (TPSA) is 93.1 Å². The Morgan fingerprint density at radius 1 is 1.30 bits per heavy atom. The average Bonchev–Trinajstić information content (AvgIpc) is 3.29. The highest BCUT2D eigenvalue weighted by Gasteiger charge is 2.49. The molecule has 1 aromatic carbocycles. The summed E-state index contributed by atoms with van der Waals surface area (Å²) in [6.45, 7) is 2.04. The predicted molar refractivity (Wildman–Crippen MR) is 104 cm³/mol. The molecular formula is C18H20N2O5S2. The first kappa shape index (κ1) is 18.6. The van der Waals surface area contributed by atoms with Crippen molar-refractivity contribution in [2.45, 2.75) is 37.2 Å². The summed E-state index contributed by atoms with van der Waals surface area (Å²) < 4.78 is 29.6. The highest BCUT2D eigenvalue weighted by Crippen LogP contribution is 2.41. The maximum atomic E-state index is 12.5. The Hall–Kier alpha value is -1.71. The number of fused-ring (bicyclic) bond motifs is 1. The number of benzene rings is 1. The first-order valence-corrected chi connectivity index (χ1v) is 11.6. The summed E-state index contributed by atoms with van der Waals surface area (Å²) in [5, 5.41) is 0.313. The van der Waals surface area contributed by atoms with E-state index in [-0.39, 0.29) is 34.5 Å². The molecule has 0 unspecified atom stereocenters. The quantitative estimate of drug-likeness (QED) is 0.702. The zero-order valence-corrected chi connectivity index (χ0v) is 16.5. The number of nitrogens with zero attached hydrogens (tertiary/aromatic N) is 2. The van der Waals surface area contributed by atoms with Crippen LogP contribution in [0.2, 0.25) is 0 Å². The molecule has 1 amide bonds. The molecule has 3 aliphatic heterocycles. The molecule has 3 heterocycles. The Morgan fingerprint density at radius 2 is 2.11 bits per heavy atom. The van der Waals surface area contributed by atoms with E-state index in [1.807, 2.05) is 6.07 Å². The first-order chi connectivity index (χ1) is 12.8. The number of Topliss-reactive ketones (excluding diaryl/α,β-unsaturated/α-hetero) is 1. The van der Waals surface area contributed by atoms with Gasteiger partial charge in [-0.15, -0.1) is 0 Å². The zero-order chi connectivity index (χ0) is 19.2. The van der Waals surface area contributed by atoms with Crippen molar-refractivity contribution in [3.63, 3.8) is 0 Å². The second-order valence-corrected chi connectivity index (χ2v) is 10.4. The number of anilines is 1. The lowest BCUT2D eigenvalue weighted by atomic mass is 10.1. The normalized spacial score (nSPS) is 30.6. The highest BCUT2D eigenvalue weighted by molar-refractivity contribution is 8.16. The van der Waals surface area contributed by atoms with Crippen LogP contribution in [0.5, 0.6) is 0 Å². The molecule has 3 saturated heterocycles. The number of hydrogen-bond acceptors (Lipinski definition) is 6. The zero-order valence-electron chi connectivity index (χ0n) is 14.8. The summed E-state index contributed by atoms with van der Waals surface area (Å²) in [6.07, 6.45) is 0.969. The molecule has 1 aromatic rings. The molecular weight excluding hydrogens is 388 g/mol. The maximum absolute atomic E-state index is 12.5. The number of hydrogen-bond donors (Lipinski definition) is 0. The van der Waals surface area contributed by atoms with Crippen LogP contribution in [0.3, 0.4) is 0 Å². The van der Waals surface area contributed by atoms with E-state index in [4.69, 9.17) is 4.74 Å². The van der Waals surface area contributed by atoms with Gasteiger partial charge < -0.3 is 9.64 Å². The van der Waals surface area contributed by atoms with Crippen LogP contribution in [0, 0.1) is 0 Å². The van der Waals surface area contributed by atoms with Crippen molar-refractivity contribution in [2.24, 2.45) is 4.99 Å². The predicted octanol–water partition coefficient (Wildman–Crippen LogP) is 1.67. The van der Waals surface area contributed by atoms with Crippen molar-refractivity contribution < 1.29 is 22.7 Å². The van der Waals surface area contributed by atoms with Gasteiger partial charge in [-0.1, -0.05) is 23.9 Å². The Kier molecular flexibility index (Phi) is 4.85. The SMILES string of the molecule is CC(=O)c1cccc(N2C(=NC(=O)[C@@H]3CCCO3)S[C@@H]3CS(=O)(=O)C[C@@H]32)c1. The lowest BCUT2D eigenvalue weighted by Gasteiger charge is -2.25. The number of carbonyl (C=O) groups excluding carboxylic acids is 2. The van der Waals surface area contributed by atoms with Crippen LogP contribution in [0.25, 0.3) is 0 Å². The lowest BCUT2D eigenvalue weighted by Crippen LogP contribution is -2.38. The van der Waals surface area contributed by atoms with E-state index in [0.29, 0.717) is 29.4 Å². The minimum Gasteiger partial charge on any atom is -0.368 e. The number of aliphatic imine (C=N–C) groups is 1. The van der Waals surface area contributed by atoms with Gasteiger partial charge in [0.15, 0.2) is 20.8 Å². The maximum Gasteiger partial charge on any atom is 0.277 e. The first-order valence-electron chi connectivity index (χ1n) is 8.85. The Balaban J connectivity index is 1.71. The number of carbonyl (C=O) groups is 2. The summed E-state index contributed by atoms with van der Waals surface area (Å²) in [5.74, 6) is -0.320. The van der Waals surface area contributed by atoms with Gasteiger partial charge in [0.25, 0.3) is 5.91 Å². The fourth-order valence-corrected chi connectivity index (χ4v) is 7.60. The van der Waals surface area contributed by atoms with Crippen molar-refractivity contribution in [3.8, 4) is 0 Å². The van der Waals surface area contributed by atoms with Crippen molar-refractivity contribution in [1.82, 2.24) is 0 Å². The Morgan fingerprint density at radius 3 is 2.81 bits per heavy atom. The van der Waals surface area contributed by atoms with Crippen molar-refractivity contribution in [1.29, 1.82) is 0 Å². The summed E-state index contributed by atoms with van der Waals surface area (Å²) in [7, 11) is -3.13. The summed E-state index contributed by atoms with van der Waals surface area (Å²) >= 11 is 1.32. The van der Waals surface area contributed by atoms with Gasteiger partial charge in [0.1, 0.15) is 6.10 Å². The van der Waals surface area contributed by atoms with Gasteiger partial charge in [-0.05, 0) is 31.9 Å². The molecule has 0 aliphatic carbocycles. The standard InChI is InChI=1S/C18H20N2O5S2/c1-11(21)12-4-2-5-13(8-12)20-14-9-27(23,24)10-16(14)26-18(20)19-17(22)15-6-3-7-25-15/h2,4-5,8,14-16H,3,6-7,9-10H2,1H3/t14-,15-,16+/m0/s1. The highest BCUT2D eigenvalue weighted by atomic mass is 32.2. The molecule has 0 bridgehead atoms. The number of ketones is 1. The van der Waals surface area contributed by atoms with Crippen LogP contribution >= 0.6 is 11.8 Å². The van der Waals surface area contributed by atoms with Gasteiger partial charge in [-0.3, -0.25) is 9.59 Å². The smallest absolute Gasteiger partial charge is 0.277 e. The lowest BCUT2D eigenvalue weighted by molar-refractivity contribution is -0.126. The van der Waals surface area contributed by atoms with Crippen LogP contribution in [-0.2, 0) is 19.4 Å². The molecule has 27 heavy (non-hydrogen) atoms. The second-order valence-electron chi connectivity index (χ2n) is 7.01. The van der Waals surface area contributed by atoms with E-state index in [9.17, 15) is 18.0 Å². The Labute approximate surface area is 162 Å². The molecule has 0 saturated carbocycles. The molecule has 0 spiro atoms. The summed E-state index contributed by atoms with van der Waals surface area (Å²) in [5.41, 5.74) is 1.21. The van der Waals surface area contributed by atoms with Gasteiger partial charge in [-0.2, -0.15) is 4.99 Å². The third-order valence-corrected chi connectivity index (χ3v) is 8.22. The van der Waals surface area contributed by atoms with Gasteiger partial charge in [-0.25, -0.2) is 8.42 Å². The van der Waals surface area contributed by atoms with Crippen molar-refractivity contribution in [3.05, 3.63) is 29.8 Å². The van der Waals surface area contributed by atoms with Crippen LogP contribution in [-0.4, -0.2) is 60.8 Å². The third kappa shape index (κ3) is 3.68. The minimum atomic E-state index is -3.13. The number of ether oxygens (including phenoxy) is 1. The fraction of sp³-hybridized carbons (Fsp3) is 0.500. The van der Waals surface area contributed by atoms with E-state index < -0.39 is 15.9 Å². The van der Waals surface area contributed by atoms with Gasteiger partial charge in [0.2, 0.25) is 0 Å². The molecule has 3 fully saturated rings. The molecule has 0 N–H and O–H groups in total. The third-order valence-electron chi connectivity index (χ3n) is 5.01. The van der Waals surface area contributed by atoms with Crippen LogP contribution in [0.15, 0.2) is 29.3 Å². The molecule has 0 aromatic heterocycles. The van der Waals surface area contributed by atoms with E-state index in [0.717, 1.165) is 6.42 Å². The van der Waals surface area contributed by atoms with Crippen LogP contribution in [0.1, 0.15) is 30.1 Å². The van der Waals surface area contributed by atoms with Crippen LogP contribution < -0.4 is 4.90 Å². The molecule has 3 aliphatic rings. The van der Waals surface area contributed by atoms with E-state index in [1.54, 1.807) is 23.1 Å². The molecule has 144 valence electrons. The summed E-state index contributed by atoms with van der Waals surface area (Å²) in [6, 6.07) is 6.71.